The van der Waals surface area contributed by atoms with Gasteiger partial charge >= 0.3 is 0 Å². The first-order chi connectivity index (χ1) is 8.22. The number of nitrogens with one attached hydrogen (secondary N) is 1. The Bertz CT molecular complexity index is 224. The number of hydrogen-bond acceptors (Lipinski definition) is 3. The third kappa shape index (κ3) is 10.4. The molecule has 1 atom stereocenters. The smallest absolute Gasteiger partial charge is 0.220 e. The van der Waals surface area contributed by atoms with Crippen LogP contribution in [0.15, 0.2) is 0 Å². The van der Waals surface area contributed by atoms with Gasteiger partial charge in [0.05, 0.1) is 0 Å². The average Bonchev–Trinajstić information content (AvgIpc) is 2.35. The Morgan fingerprint density at radius 3 is 2.47 bits per heavy atom. The summed E-state index contributed by atoms with van der Waals surface area (Å²) in [4.78, 5) is 13.9. The fraction of sp³-hybridized carbons (Fsp3) is 0.923. The first-order valence-electron chi connectivity index (χ1n) is 6.91. The SMILES string of the molecule is CC(CNC(=O)CCCN)CN1CCCCC1.Cl.Cl. The lowest BCUT2D eigenvalue weighted by Gasteiger charge is -2.29. The van der Waals surface area contributed by atoms with E-state index < -0.39 is 0 Å². The highest BCUT2D eigenvalue weighted by Gasteiger charge is 2.13. The second-order valence-electron chi connectivity index (χ2n) is 5.16. The van der Waals surface area contributed by atoms with Crippen molar-refractivity contribution in [1.29, 1.82) is 0 Å². The minimum atomic E-state index is 0. The summed E-state index contributed by atoms with van der Waals surface area (Å²) in [6, 6.07) is 0. The minimum absolute atomic E-state index is 0. The predicted molar refractivity (Wildman–Crippen MR) is 85.2 cm³/mol. The zero-order valence-electron chi connectivity index (χ0n) is 11.9. The van der Waals surface area contributed by atoms with E-state index in [-0.39, 0.29) is 30.7 Å². The van der Waals surface area contributed by atoms with Gasteiger partial charge in [-0.3, -0.25) is 4.79 Å². The summed E-state index contributed by atoms with van der Waals surface area (Å²) in [5, 5.41) is 2.99. The number of likely N-dealkylation sites (tertiary alicyclic amines) is 1. The number of hydrogen-bond donors (Lipinski definition) is 2. The quantitative estimate of drug-likeness (QED) is 0.753. The van der Waals surface area contributed by atoms with Crippen molar-refractivity contribution in [1.82, 2.24) is 10.2 Å². The molecule has 1 aliphatic heterocycles. The van der Waals surface area contributed by atoms with Crippen LogP contribution in [0.3, 0.4) is 0 Å². The molecule has 3 N–H and O–H groups in total. The molecule has 6 heteroatoms. The third-order valence-corrected chi connectivity index (χ3v) is 3.27. The van der Waals surface area contributed by atoms with Crippen LogP contribution in [0.25, 0.3) is 0 Å². The van der Waals surface area contributed by atoms with E-state index in [1.54, 1.807) is 0 Å². The van der Waals surface area contributed by atoms with Crippen molar-refractivity contribution in [3.8, 4) is 0 Å². The Morgan fingerprint density at radius 1 is 1.26 bits per heavy atom. The molecule has 0 aliphatic carbocycles. The Balaban J connectivity index is 0. The van der Waals surface area contributed by atoms with Gasteiger partial charge in [0.1, 0.15) is 0 Å². The van der Waals surface area contributed by atoms with Crippen LogP contribution in [0.5, 0.6) is 0 Å². The summed E-state index contributed by atoms with van der Waals surface area (Å²) >= 11 is 0. The van der Waals surface area contributed by atoms with Gasteiger partial charge in [-0.05, 0) is 44.8 Å². The van der Waals surface area contributed by atoms with E-state index in [0.29, 0.717) is 18.9 Å². The lowest BCUT2D eigenvalue weighted by molar-refractivity contribution is -0.121. The summed E-state index contributed by atoms with van der Waals surface area (Å²) in [5.74, 6) is 0.677. The first kappa shape index (κ1) is 21.3. The van der Waals surface area contributed by atoms with Crippen molar-refractivity contribution in [3.63, 3.8) is 0 Å². The van der Waals surface area contributed by atoms with E-state index in [2.05, 4.69) is 17.1 Å². The molecule has 0 aromatic rings. The van der Waals surface area contributed by atoms with E-state index in [1.807, 2.05) is 0 Å². The first-order valence-corrected chi connectivity index (χ1v) is 6.91. The molecule has 0 radical (unpaired) electrons. The van der Waals surface area contributed by atoms with Gasteiger partial charge in [0.25, 0.3) is 0 Å². The fourth-order valence-electron chi connectivity index (χ4n) is 2.29. The lowest BCUT2D eigenvalue weighted by atomic mass is 10.1. The van der Waals surface area contributed by atoms with Gasteiger partial charge in [-0.25, -0.2) is 0 Å². The summed E-state index contributed by atoms with van der Waals surface area (Å²) in [6.07, 6.45) is 5.38. The topological polar surface area (TPSA) is 58.4 Å². The number of amides is 1. The molecule has 1 unspecified atom stereocenters. The Kier molecular flexibility index (Phi) is 14.5. The Hall–Kier alpha value is -0.0300. The monoisotopic (exact) mass is 313 g/mol. The zero-order chi connectivity index (χ0) is 12.5. The van der Waals surface area contributed by atoms with Crippen LogP contribution >= 0.6 is 24.8 Å². The Morgan fingerprint density at radius 2 is 1.89 bits per heavy atom. The Labute approximate surface area is 129 Å². The van der Waals surface area contributed by atoms with Crippen LogP contribution in [0.4, 0.5) is 0 Å². The van der Waals surface area contributed by atoms with Gasteiger partial charge in [-0.15, -0.1) is 24.8 Å². The molecule has 1 fully saturated rings. The molecule has 0 aromatic heterocycles. The molecule has 1 aliphatic rings. The maximum Gasteiger partial charge on any atom is 0.220 e. The van der Waals surface area contributed by atoms with E-state index in [4.69, 9.17) is 5.73 Å². The van der Waals surface area contributed by atoms with Crippen LogP contribution in [-0.2, 0) is 4.79 Å². The molecule has 1 amide bonds. The molecule has 1 saturated heterocycles. The fourth-order valence-corrected chi connectivity index (χ4v) is 2.29. The highest BCUT2D eigenvalue weighted by molar-refractivity contribution is 5.85. The summed E-state index contributed by atoms with van der Waals surface area (Å²) in [6.45, 7) is 7.16. The molecule has 0 saturated carbocycles. The van der Waals surface area contributed by atoms with E-state index in [0.717, 1.165) is 19.5 Å². The molecule has 0 aromatic carbocycles. The number of carbonyl (C=O) groups excluding carboxylic acids is 1. The average molecular weight is 314 g/mol. The summed E-state index contributed by atoms with van der Waals surface area (Å²) in [7, 11) is 0. The van der Waals surface area contributed by atoms with Crippen LogP contribution in [0.1, 0.15) is 39.0 Å². The van der Waals surface area contributed by atoms with Gasteiger partial charge in [-0.2, -0.15) is 0 Å². The molecule has 116 valence electrons. The molecular formula is C13H29Cl2N3O. The number of piperidine rings is 1. The predicted octanol–water partition coefficient (Wildman–Crippen LogP) is 1.81. The normalized spacial score (nSPS) is 16.9. The summed E-state index contributed by atoms with van der Waals surface area (Å²) in [5.41, 5.74) is 5.37. The van der Waals surface area contributed by atoms with Crippen LogP contribution in [-0.4, -0.2) is 43.5 Å². The van der Waals surface area contributed by atoms with Crippen molar-refractivity contribution in [2.75, 3.05) is 32.7 Å². The number of nitrogens with zero attached hydrogens (tertiary/aromatic N) is 1. The molecular weight excluding hydrogens is 285 g/mol. The second-order valence-corrected chi connectivity index (χ2v) is 5.16. The number of nitrogens with two attached hydrogens (primary N) is 1. The van der Waals surface area contributed by atoms with Gasteiger partial charge < -0.3 is 16.0 Å². The molecule has 19 heavy (non-hydrogen) atoms. The van der Waals surface area contributed by atoms with Crippen LogP contribution in [0, 0.1) is 5.92 Å². The van der Waals surface area contributed by atoms with Crippen molar-refractivity contribution >= 4 is 30.7 Å². The molecule has 1 heterocycles. The highest BCUT2D eigenvalue weighted by atomic mass is 35.5. The third-order valence-electron chi connectivity index (χ3n) is 3.27. The van der Waals surface area contributed by atoms with Gasteiger partial charge in [-0.1, -0.05) is 13.3 Å². The van der Waals surface area contributed by atoms with Crippen molar-refractivity contribution in [2.24, 2.45) is 11.7 Å². The largest absolute Gasteiger partial charge is 0.356 e. The number of halogens is 2. The van der Waals surface area contributed by atoms with Gasteiger partial charge in [0, 0.05) is 19.5 Å². The zero-order valence-corrected chi connectivity index (χ0v) is 13.5. The number of rotatable bonds is 7. The second kappa shape index (κ2) is 13.0. The maximum atomic E-state index is 11.4. The molecule has 4 nitrogen and oxygen atoms in total. The maximum absolute atomic E-state index is 11.4. The van der Waals surface area contributed by atoms with E-state index in [1.165, 1.54) is 32.4 Å². The van der Waals surface area contributed by atoms with E-state index >= 15 is 0 Å². The number of carbonyl (C=O) groups is 1. The van der Waals surface area contributed by atoms with E-state index in [9.17, 15) is 4.79 Å². The summed E-state index contributed by atoms with van der Waals surface area (Å²) < 4.78 is 0. The molecule has 1 rings (SSSR count). The molecule has 0 spiro atoms. The van der Waals surface area contributed by atoms with Crippen LogP contribution in [0.2, 0.25) is 0 Å². The standard InChI is InChI=1S/C13H27N3O.2ClH/c1-12(10-15-13(17)6-5-7-14)11-16-8-3-2-4-9-16;;/h12H,2-11,14H2,1H3,(H,15,17);2*1H. The highest BCUT2D eigenvalue weighted by Crippen LogP contribution is 2.10. The molecule has 0 bridgehead atoms. The van der Waals surface area contributed by atoms with Crippen LogP contribution < -0.4 is 11.1 Å². The van der Waals surface area contributed by atoms with Crippen molar-refractivity contribution in [2.45, 2.75) is 39.0 Å². The van der Waals surface area contributed by atoms with Crippen molar-refractivity contribution < 1.29 is 4.79 Å². The van der Waals surface area contributed by atoms with Gasteiger partial charge in [0.2, 0.25) is 5.91 Å². The lowest BCUT2D eigenvalue weighted by Crippen LogP contribution is -2.38. The van der Waals surface area contributed by atoms with Gasteiger partial charge in [0.15, 0.2) is 0 Å². The van der Waals surface area contributed by atoms with Crippen molar-refractivity contribution in [3.05, 3.63) is 0 Å². The minimum Gasteiger partial charge on any atom is -0.356 e.